The lowest BCUT2D eigenvalue weighted by atomic mass is 10.0. The van der Waals surface area contributed by atoms with Gasteiger partial charge in [0, 0.05) is 17.1 Å². The molecular formula is C25H19N3O2S. The molecule has 4 aromatic rings. The van der Waals surface area contributed by atoms with Gasteiger partial charge in [0.2, 0.25) is 0 Å². The summed E-state index contributed by atoms with van der Waals surface area (Å²) in [6.07, 6.45) is 1.57. The second-order valence-electron chi connectivity index (χ2n) is 6.64. The van der Waals surface area contributed by atoms with Gasteiger partial charge >= 0.3 is 5.97 Å². The Bertz CT molecular complexity index is 1310. The molecule has 0 amide bonds. The third-order valence-electron chi connectivity index (χ3n) is 4.72. The minimum atomic E-state index is -0.412. The maximum atomic E-state index is 12.2. The number of nitriles is 1. The Balaban J connectivity index is 1.63. The molecule has 0 aliphatic heterocycles. The SMILES string of the molecule is CCOC(=O)c1ccccc1N/C=C(\C#N)c1nc(-c2cccc3ccccc23)cs1. The first-order valence-electron chi connectivity index (χ1n) is 9.78. The highest BCUT2D eigenvalue weighted by Gasteiger charge is 2.13. The number of anilines is 1. The van der Waals surface area contributed by atoms with Gasteiger partial charge in [0.25, 0.3) is 0 Å². The molecule has 1 aromatic heterocycles. The normalized spacial score (nSPS) is 11.2. The van der Waals surface area contributed by atoms with Gasteiger partial charge in [0.1, 0.15) is 16.6 Å². The van der Waals surface area contributed by atoms with Crippen LogP contribution in [0.2, 0.25) is 0 Å². The largest absolute Gasteiger partial charge is 0.462 e. The van der Waals surface area contributed by atoms with E-state index in [1.807, 2.05) is 35.7 Å². The van der Waals surface area contributed by atoms with Crippen LogP contribution >= 0.6 is 11.3 Å². The van der Waals surface area contributed by atoms with Crippen molar-refractivity contribution >= 4 is 39.3 Å². The number of hydrogen-bond donors (Lipinski definition) is 1. The summed E-state index contributed by atoms with van der Waals surface area (Å²) in [5.41, 5.74) is 3.21. The van der Waals surface area contributed by atoms with E-state index in [4.69, 9.17) is 9.72 Å². The van der Waals surface area contributed by atoms with Crippen molar-refractivity contribution in [2.24, 2.45) is 0 Å². The standard InChI is InChI=1S/C25H19N3O2S/c1-2-30-25(29)21-11-5-6-13-22(21)27-15-18(14-26)24-28-23(16-31-24)20-12-7-9-17-8-3-4-10-19(17)20/h3-13,15-16,27H,2H2,1H3/b18-15+. The van der Waals surface area contributed by atoms with Crippen LogP contribution in [-0.4, -0.2) is 17.6 Å². The maximum Gasteiger partial charge on any atom is 0.340 e. The Labute approximate surface area is 184 Å². The number of allylic oxidation sites excluding steroid dienone is 1. The van der Waals surface area contributed by atoms with E-state index in [1.165, 1.54) is 11.3 Å². The van der Waals surface area contributed by atoms with E-state index >= 15 is 0 Å². The van der Waals surface area contributed by atoms with Crippen LogP contribution in [-0.2, 0) is 4.74 Å². The minimum Gasteiger partial charge on any atom is -0.462 e. The van der Waals surface area contributed by atoms with Gasteiger partial charge in [0.05, 0.1) is 23.6 Å². The van der Waals surface area contributed by atoms with Gasteiger partial charge in [-0.05, 0) is 29.8 Å². The quantitative estimate of drug-likeness (QED) is 0.298. The number of carbonyl (C=O) groups excluding carboxylic acids is 1. The molecule has 0 bridgehead atoms. The molecule has 3 aromatic carbocycles. The van der Waals surface area contributed by atoms with Gasteiger partial charge < -0.3 is 10.1 Å². The molecule has 0 spiro atoms. The summed E-state index contributed by atoms with van der Waals surface area (Å²) in [6, 6.07) is 23.5. The number of esters is 1. The maximum absolute atomic E-state index is 12.2. The summed E-state index contributed by atoms with van der Waals surface area (Å²) in [4.78, 5) is 16.9. The predicted octanol–water partition coefficient (Wildman–Crippen LogP) is 6.12. The zero-order chi connectivity index (χ0) is 21.6. The van der Waals surface area contributed by atoms with E-state index in [9.17, 15) is 10.1 Å². The first kappa shape index (κ1) is 20.3. The smallest absolute Gasteiger partial charge is 0.340 e. The fourth-order valence-electron chi connectivity index (χ4n) is 3.26. The monoisotopic (exact) mass is 425 g/mol. The van der Waals surface area contributed by atoms with E-state index in [1.54, 1.807) is 31.3 Å². The molecule has 1 heterocycles. The highest BCUT2D eigenvalue weighted by molar-refractivity contribution is 7.11. The number of para-hydroxylation sites is 1. The topological polar surface area (TPSA) is 75.0 Å². The molecule has 0 fully saturated rings. The van der Waals surface area contributed by atoms with Gasteiger partial charge in [-0.3, -0.25) is 0 Å². The van der Waals surface area contributed by atoms with Crippen molar-refractivity contribution in [3.05, 3.63) is 88.9 Å². The molecule has 0 aliphatic rings. The molecular weight excluding hydrogens is 406 g/mol. The van der Waals surface area contributed by atoms with Crippen molar-refractivity contribution < 1.29 is 9.53 Å². The van der Waals surface area contributed by atoms with Gasteiger partial charge in [0.15, 0.2) is 0 Å². The first-order chi connectivity index (χ1) is 15.2. The Morgan fingerprint density at radius 1 is 1.13 bits per heavy atom. The van der Waals surface area contributed by atoms with Gasteiger partial charge in [-0.1, -0.05) is 54.6 Å². The molecule has 31 heavy (non-hydrogen) atoms. The molecule has 0 saturated heterocycles. The molecule has 0 atom stereocenters. The zero-order valence-corrected chi connectivity index (χ0v) is 17.6. The number of benzene rings is 3. The number of rotatable bonds is 6. The van der Waals surface area contributed by atoms with E-state index in [0.29, 0.717) is 28.4 Å². The number of hydrogen-bond acceptors (Lipinski definition) is 6. The number of aromatic nitrogens is 1. The number of fused-ring (bicyclic) bond motifs is 1. The molecule has 5 nitrogen and oxygen atoms in total. The summed E-state index contributed by atoms with van der Waals surface area (Å²) in [5, 5.41) is 17.6. The van der Waals surface area contributed by atoms with E-state index in [-0.39, 0.29) is 0 Å². The van der Waals surface area contributed by atoms with Crippen molar-refractivity contribution in [3.8, 4) is 17.3 Å². The van der Waals surface area contributed by atoms with Crippen LogP contribution in [0.1, 0.15) is 22.3 Å². The Hall–Kier alpha value is -3.95. The third kappa shape index (κ3) is 4.32. The van der Waals surface area contributed by atoms with Crippen LogP contribution in [0.15, 0.2) is 78.3 Å². The Morgan fingerprint density at radius 3 is 2.74 bits per heavy atom. The highest BCUT2D eigenvalue weighted by atomic mass is 32.1. The van der Waals surface area contributed by atoms with E-state index in [2.05, 4.69) is 29.6 Å². The average molecular weight is 426 g/mol. The summed E-state index contributed by atoms with van der Waals surface area (Å²) in [6.45, 7) is 2.06. The van der Waals surface area contributed by atoms with Crippen LogP contribution < -0.4 is 5.32 Å². The molecule has 152 valence electrons. The van der Waals surface area contributed by atoms with Crippen LogP contribution in [0, 0.1) is 11.3 Å². The summed E-state index contributed by atoms with van der Waals surface area (Å²) in [7, 11) is 0. The van der Waals surface area contributed by atoms with E-state index in [0.717, 1.165) is 22.0 Å². The number of ether oxygens (including phenoxy) is 1. The fraction of sp³-hybridized carbons (Fsp3) is 0.0800. The fourth-order valence-corrected chi connectivity index (χ4v) is 4.04. The van der Waals surface area contributed by atoms with Crippen LogP contribution in [0.3, 0.4) is 0 Å². The number of nitrogens with one attached hydrogen (secondary N) is 1. The van der Waals surface area contributed by atoms with Crippen molar-refractivity contribution in [2.45, 2.75) is 6.92 Å². The summed E-state index contributed by atoms with van der Waals surface area (Å²) in [5.74, 6) is -0.412. The number of thiazole rings is 1. The Morgan fingerprint density at radius 2 is 1.90 bits per heavy atom. The molecule has 6 heteroatoms. The van der Waals surface area contributed by atoms with Crippen molar-refractivity contribution in [2.75, 3.05) is 11.9 Å². The zero-order valence-electron chi connectivity index (χ0n) is 16.8. The van der Waals surface area contributed by atoms with Crippen molar-refractivity contribution in [1.29, 1.82) is 5.26 Å². The molecule has 0 unspecified atom stereocenters. The van der Waals surface area contributed by atoms with Crippen LogP contribution in [0.25, 0.3) is 27.6 Å². The van der Waals surface area contributed by atoms with Crippen LogP contribution in [0.4, 0.5) is 5.69 Å². The lowest BCUT2D eigenvalue weighted by Crippen LogP contribution is -2.07. The van der Waals surface area contributed by atoms with E-state index < -0.39 is 5.97 Å². The molecule has 0 aliphatic carbocycles. The molecule has 1 N–H and O–H groups in total. The lowest BCUT2D eigenvalue weighted by Gasteiger charge is -2.08. The second kappa shape index (κ2) is 9.24. The van der Waals surface area contributed by atoms with Crippen molar-refractivity contribution in [1.82, 2.24) is 4.98 Å². The lowest BCUT2D eigenvalue weighted by molar-refractivity contribution is 0.0527. The highest BCUT2D eigenvalue weighted by Crippen LogP contribution is 2.31. The van der Waals surface area contributed by atoms with Crippen molar-refractivity contribution in [3.63, 3.8) is 0 Å². The predicted molar refractivity (Wildman–Crippen MR) is 125 cm³/mol. The number of nitrogens with zero attached hydrogens (tertiary/aromatic N) is 2. The van der Waals surface area contributed by atoms with Gasteiger partial charge in [-0.15, -0.1) is 11.3 Å². The molecule has 4 rings (SSSR count). The first-order valence-corrected chi connectivity index (χ1v) is 10.7. The molecule has 0 radical (unpaired) electrons. The minimum absolute atomic E-state index is 0.294. The van der Waals surface area contributed by atoms with Gasteiger partial charge in [-0.25, -0.2) is 9.78 Å². The number of carbonyl (C=O) groups is 1. The molecule has 0 saturated carbocycles. The Kier molecular flexibility index (Phi) is 6.06. The third-order valence-corrected chi connectivity index (χ3v) is 5.59. The van der Waals surface area contributed by atoms with Crippen LogP contribution in [0.5, 0.6) is 0 Å². The summed E-state index contributed by atoms with van der Waals surface area (Å²) >= 11 is 1.41. The van der Waals surface area contributed by atoms with Gasteiger partial charge in [-0.2, -0.15) is 5.26 Å². The second-order valence-corrected chi connectivity index (χ2v) is 7.50. The average Bonchev–Trinajstić information content (AvgIpc) is 3.29. The summed E-state index contributed by atoms with van der Waals surface area (Å²) < 4.78 is 5.10.